The summed E-state index contributed by atoms with van der Waals surface area (Å²) in [5.74, 6) is -0.572. The summed E-state index contributed by atoms with van der Waals surface area (Å²) in [5.41, 5.74) is 0. The van der Waals surface area contributed by atoms with Crippen LogP contribution in [0.1, 0.15) is 20.3 Å². The highest BCUT2D eigenvalue weighted by Crippen LogP contribution is 2.02. The third-order valence-electron chi connectivity index (χ3n) is 1.30. The molecule has 1 unspecified atom stereocenters. The molecular formula is C8H12O2. The maximum absolute atomic E-state index is 10.7. The van der Waals surface area contributed by atoms with Gasteiger partial charge in [0.1, 0.15) is 0 Å². The molecule has 0 saturated carbocycles. The highest BCUT2D eigenvalue weighted by molar-refractivity contribution is 6.36. The summed E-state index contributed by atoms with van der Waals surface area (Å²) in [6.45, 7) is 6.65. The zero-order chi connectivity index (χ0) is 8.15. The molecule has 0 aliphatic heterocycles. The standard InChI is InChI=1S/C8H12O2/c1-4-6(2)5-8(10)7(3)9/h4,6H,1,5H2,2-3H3. The molecule has 0 heterocycles. The first-order chi connectivity index (χ1) is 4.57. The van der Waals surface area contributed by atoms with E-state index in [2.05, 4.69) is 6.58 Å². The third-order valence-corrected chi connectivity index (χ3v) is 1.30. The Labute approximate surface area is 60.9 Å². The summed E-state index contributed by atoms with van der Waals surface area (Å²) in [7, 11) is 0. The second-order valence-electron chi connectivity index (χ2n) is 2.40. The summed E-state index contributed by atoms with van der Waals surface area (Å²) < 4.78 is 0. The van der Waals surface area contributed by atoms with Crippen molar-refractivity contribution < 1.29 is 9.59 Å². The Bertz CT molecular complexity index is 159. The van der Waals surface area contributed by atoms with Crippen LogP contribution in [0.4, 0.5) is 0 Å². The molecular weight excluding hydrogens is 128 g/mol. The Morgan fingerprint density at radius 3 is 2.40 bits per heavy atom. The van der Waals surface area contributed by atoms with Gasteiger partial charge in [-0.25, -0.2) is 0 Å². The van der Waals surface area contributed by atoms with Crippen molar-refractivity contribution in [2.75, 3.05) is 0 Å². The van der Waals surface area contributed by atoms with Crippen LogP contribution in [-0.4, -0.2) is 11.6 Å². The molecule has 1 atom stereocenters. The normalized spacial score (nSPS) is 12.2. The monoisotopic (exact) mass is 140 g/mol. The van der Waals surface area contributed by atoms with Gasteiger partial charge in [0, 0.05) is 13.3 Å². The van der Waals surface area contributed by atoms with Crippen LogP contribution in [0, 0.1) is 5.92 Å². The molecule has 0 radical (unpaired) electrons. The van der Waals surface area contributed by atoms with E-state index >= 15 is 0 Å². The van der Waals surface area contributed by atoms with Crippen LogP contribution in [-0.2, 0) is 9.59 Å². The van der Waals surface area contributed by atoms with E-state index in [1.165, 1.54) is 6.92 Å². The van der Waals surface area contributed by atoms with Gasteiger partial charge in [0.15, 0.2) is 11.6 Å². The van der Waals surface area contributed by atoms with Crippen LogP contribution >= 0.6 is 0 Å². The first kappa shape index (κ1) is 9.08. The maximum Gasteiger partial charge on any atom is 0.198 e. The van der Waals surface area contributed by atoms with Crippen molar-refractivity contribution in [1.29, 1.82) is 0 Å². The highest BCUT2D eigenvalue weighted by atomic mass is 16.2. The fourth-order valence-electron chi connectivity index (χ4n) is 0.519. The molecule has 0 saturated heterocycles. The van der Waals surface area contributed by atoms with Gasteiger partial charge in [0.2, 0.25) is 0 Å². The minimum atomic E-state index is -0.367. The van der Waals surface area contributed by atoms with Gasteiger partial charge in [-0.3, -0.25) is 9.59 Å². The second-order valence-corrected chi connectivity index (χ2v) is 2.40. The highest BCUT2D eigenvalue weighted by Gasteiger charge is 2.09. The van der Waals surface area contributed by atoms with Crippen molar-refractivity contribution in [3.8, 4) is 0 Å². The minimum absolute atomic E-state index is 0.108. The molecule has 0 aliphatic carbocycles. The Balaban J connectivity index is 3.79. The van der Waals surface area contributed by atoms with E-state index in [1.807, 2.05) is 6.92 Å². The van der Waals surface area contributed by atoms with Crippen molar-refractivity contribution in [2.24, 2.45) is 5.92 Å². The molecule has 0 fully saturated rings. The molecule has 0 spiro atoms. The molecule has 0 N–H and O–H groups in total. The first-order valence-electron chi connectivity index (χ1n) is 3.24. The molecule has 0 aromatic carbocycles. The number of ketones is 2. The first-order valence-corrected chi connectivity index (χ1v) is 3.24. The molecule has 0 amide bonds. The van der Waals surface area contributed by atoms with Crippen LogP contribution in [0.15, 0.2) is 12.7 Å². The van der Waals surface area contributed by atoms with E-state index in [0.29, 0.717) is 6.42 Å². The third kappa shape index (κ3) is 3.17. The Morgan fingerprint density at radius 1 is 1.60 bits per heavy atom. The van der Waals surface area contributed by atoms with E-state index in [4.69, 9.17) is 0 Å². The zero-order valence-corrected chi connectivity index (χ0v) is 6.39. The van der Waals surface area contributed by atoms with Crippen LogP contribution < -0.4 is 0 Å². The number of allylic oxidation sites excluding steroid dienone is 1. The largest absolute Gasteiger partial charge is 0.291 e. The molecule has 2 heteroatoms. The van der Waals surface area contributed by atoms with Gasteiger partial charge in [-0.2, -0.15) is 0 Å². The SMILES string of the molecule is C=CC(C)CC(=O)C(C)=O. The number of hydrogen-bond acceptors (Lipinski definition) is 2. The van der Waals surface area contributed by atoms with Crippen LogP contribution in [0.25, 0.3) is 0 Å². The van der Waals surface area contributed by atoms with E-state index in [9.17, 15) is 9.59 Å². The molecule has 2 nitrogen and oxygen atoms in total. The van der Waals surface area contributed by atoms with E-state index in [1.54, 1.807) is 6.08 Å². The maximum atomic E-state index is 10.7. The smallest absolute Gasteiger partial charge is 0.198 e. The lowest BCUT2D eigenvalue weighted by Gasteiger charge is -2.00. The van der Waals surface area contributed by atoms with E-state index in [-0.39, 0.29) is 17.5 Å². The van der Waals surface area contributed by atoms with Crippen molar-refractivity contribution >= 4 is 11.6 Å². The molecule has 0 aliphatic rings. The number of hydrogen-bond donors (Lipinski definition) is 0. The topological polar surface area (TPSA) is 34.1 Å². The van der Waals surface area contributed by atoms with Gasteiger partial charge in [-0.15, -0.1) is 6.58 Å². The van der Waals surface area contributed by atoms with Gasteiger partial charge in [0.05, 0.1) is 0 Å². The average Bonchev–Trinajstić information content (AvgIpc) is 1.87. The Morgan fingerprint density at radius 2 is 2.10 bits per heavy atom. The molecule has 10 heavy (non-hydrogen) atoms. The fourth-order valence-corrected chi connectivity index (χ4v) is 0.519. The second kappa shape index (κ2) is 3.99. The average molecular weight is 140 g/mol. The van der Waals surface area contributed by atoms with Gasteiger partial charge < -0.3 is 0 Å². The van der Waals surface area contributed by atoms with Crippen molar-refractivity contribution in [3.05, 3.63) is 12.7 Å². The number of rotatable bonds is 4. The summed E-state index contributed by atoms with van der Waals surface area (Å²) in [6.07, 6.45) is 1.96. The predicted octanol–water partition coefficient (Wildman–Crippen LogP) is 1.36. The summed E-state index contributed by atoms with van der Waals surface area (Å²) in [6, 6.07) is 0. The van der Waals surface area contributed by atoms with Gasteiger partial charge >= 0.3 is 0 Å². The van der Waals surface area contributed by atoms with Crippen LogP contribution in [0.3, 0.4) is 0 Å². The number of carbonyl (C=O) groups is 2. The summed E-state index contributed by atoms with van der Waals surface area (Å²) >= 11 is 0. The summed E-state index contributed by atoms with van der Waals surface area (Å²) in [5, 5.41) is 0. The lowest BCUT2D eigenvalue weighted by Crippen LogP contribution is -2.11. The quantitative estimate of drug-likeness (QED) is 0.436. The van der Waals surface area contributed by atoms with Crippen molar-refractivity contribution in [3.63, 3.8) is 0 Å². The Hall–Kier alpha value is -0.920. The van der Waals surface area contributed by atoms with Crippen LogP contribution in [0.5, 0.6) is 0 Å². The van der Waals surface area contributed by atoms with Crippen molar-refractivity contribution in [2.45, 2.75) is 20.3 Å². The van der Waals surface area contributed by atoms with E-state index in [0.717, 1.165) is 0 Å². The molecule has 0 aromatic rings. The number of carbonyl (C=O) groups excluding carboxylic acids is 2. The van der Waals surface area contributed by atoms with Crippen LogP contribution in [0.2, 0.25) is 0 Å². The molecule has 0 bridgehead atoms. The molecule has 0 aromatic heterocycles. The zero-order valence-electron chi connectivity index (χ0n) is 6.39. The summed E-state index contributed by atoms with van der Waals surface area (Å²) in [4.78, 5) is 21.1. The van der Waals surface area contributed by atoms with E-state index < -0.39 is 0 Å². The molecule has 56 valence electrons. The number of Topliss-reactive ketones (excluding diaryl/α,β-unsaturated/α-hetero) is 2. The predicted molar refractivity (Wildman–Crippen MR) is 39.7 cm³/mol. The molecule has 0 rings (SSSR count). The van der Waals surface area contributed by atoms with Gasteiger partial charge in [-0.1, -0.05) is 13.0 Å². The van der Waals surface area contributed by atoms with Gasteiger partial charge in [-0.05, 0) is 5.92 Å². The fraction of sp³-hybridized carbons (Fsp3) is 0.500. The van der Waals surface area contributed by atoms with Gasteiger partial charge in [0.25, 0.3) is 0 Å². The lowest BCUT2D eigenvalue weighted by molar-refractivity contribution is -0.135. The Kier molecular flexibility index (Phi) is 3.62. The van der Waals surface area contributed by atoms with Crippen molar-refractivity contribution in [1.82, 2.24) is 0 Å². The minimum Gasteiger partial charge on any atom is -0.291 e. The lowest BCUT2D eigenvalue weighted by atomic mass is 10.0.